The predicted molar refractivity (Wildman–Crippen MR) is 144 cm³/mol. The van der Waals surface area contributed by atoms with Gasteiger partial charge < -0.3 is 29.0 Å². The van der Waals surface area contributed by atoms with Crippen LogP contribution in [0.15, 0.2) is 78.9 Å². The van der Waals surface area contributed by atoms with Gasteiger partial charge in [0, 0.05) is 19.4 Å². The molecule has 1 amide bonds. The number of hydrogen-bond donors (Lipinski definition) is 1. The van der Waals surface area contributed by atoms with Crippen LogP contribution < -0.4 is 9.47 Å². The molecule has 1 saturated heterocycles. The van der Waals surface area contributed by atoms with E-state index in [1.165, 1.54) is 0 Å². The molecular formula is C31H35NO6. The highest BCUT2D eigenvalue weighted by molar-refractivity contribution is 5.77. The Morgan fingerprint density at radius 1 is 0.921 bits per heavy atom. The highest BCUT2D eigenvalue weighted by Gasteiger charge is 2.41. The molecule has 0 saturated carbocycles. The summed E-state index contributed by atoms with van der Waals surface area (Å²) in [6, 6.07) is 25.2. The minimum Gasteiger partial charge on any atom is -0.497 e. The highest BCUT2D eigenvalue weighted by Crippen LogP contribution is 2.42. The van der Waals surface area contributed by atoms with Gasteiger partial charge in [-0.15, -0.1) is 0 Å². The summed E-state index contributed by atoms with van der Waals surface area (Å²) in [5.74, 6) is 1.39. The van der Waals surface area contributed by atoms with E-state index in [2.05, 4.69) is 0 Å². The average molecular weight is 518 g/mol. The van der Waals surface area contributed by atoms with Crippen LogP contribution in [0.5, 0.6) is 11.5 Å². The molecule has 200 valence electrons. The van der Waals surface area contributed by atoms with Crippen molar-refractivity contribution in [1.82, 2.24) is 4.90 Å². The first kappa shape index (κ1) is 27.4. The van der Waals surface area contributed by atoms with Gasteiger partial charge in [-0.1, -0.05) is 54.6 Å². The summed E-state index contributed by atoms with van der Waals surface area (Å²) in [5, 5.41) is 10.5. The van der Waals surface area contributed by atoms with E-state index in [0.717, 1.165) is 34.5 Å². The molecule has 7 nitrogen and oxygen atoms in total. The molecule has 1 heterocycles. The number of aliphatic hydroxyl groups is 1. The Bertz CT molecular complexity index is 1130. The Morgan fingerprint density at radius 2 is 1.47 bits per heavy atom. The second-order valence-corrected chi connectivity index (χ2v) is 9.46. The maximum absolute atomic E-state index is 13.0. The first-order chi connectivity index (χ1) is 18.5. The van der Waals surface area contributed by atoms with Gasteiger partial charge in [-0.2, -0.15) is 0 Å². The summed E-state index contributed by atoms with van der Waals surface area (Å²) in [6.45, 7) is 0.473. The van der Waals surface area contributed by atoms with Gasteiger partial charge in [-0.3, -0.25) is 4.79 Å². The monoisotopic (exact) mass is 517 g/mol. The van der Waals surface area contributed by atoms with Crippen molar-refractivity contribution in [2.24, 2.45) is 0 Å². The molecule has 7 heteroatoms. The summed E-state index contributed by atoms with van der Waals surface area (Å²) >= 11 is 0. The second kappa shape index (κ2) is 12.7. The third-order valence-corrected chi connectivity index (χ3v) is 7.09. The number of methoxy groups -OCH3 is 2. The molecule has 38 heavy (non-hydrogen) atoms. The summed E-state index contributed by atoms with van der Waals surface area (Å²) in [7, 11) is 3.26. The lowest BCUT2D eigenvalue weighted by Gasteiger charge is -2.38. The molecule has 1 aliphatic rings. The maximum Gasteiger partial charge on any atom is 0.223 e. The van der Waals surface area contributed by atoms with Crippen LogP contribution in [0.25, 0.3) is 0 Å². The Morgan fingerprint density at radius 3 is 2.00 bits per heavy atom. The Labute approximate surface area is 224 Å². The number of amides is 1. The van der Waals surface area contributed by atoms with Crippen LogP contribution >= 0.6 is 0 Å². The number of carbonyl (C=O) groups excluding carboxylic acids is 2. The van der Waals surface area contributed by atoms with Gasteiger partial charge in [-0.25, -0.2) is 0 Å². The van der Waals surface area contributed by atoms with Crippen molar-refractivity contribution in [3.8, 4) is 11.5 Å². The summed E-state index contributed by atoms with van der Waals surface area (Å²) in [5.41, 5.74) is 1.73. The number of rotatable bonds is 12. The zero-order valence-corrected chi connectivity index (χ0v) is 21.9. The molecule has 0 spiro atoms. The van der Waals surface area contributed by atoms with Crippen molar-refractivity contribution in [2.45, 2.75) is 43.4 Å². The van der Waals surface area contributed by atoms with Crippen molar-refractivity contribution < 1.29 is 28.9 Å². The smallest absolute Gasteiger partial charge is 0.223 e. The van der Waals surface area contributed by atoms with Crippen LogP contribution in [0.2, 0.25) is 0 Å². The molecule has 3 aromatic carbocycles. The number of benzene rings is 3. The fourth-order valence-corrected chi connectivity index (χ4v) is 5.13. The molecule has 1 aliphatic heterocycles. The number of unbranched alkanes of at least 4 members (excludes halogenated alkanes) is 1. The first-order valence-electron chi connectivity index (χ1n) is 12.9. The normalized spacial score (nSPS) is 17.3. The number of hydrogen-bond acceptors (Lipinski definition) is 6. The number of carbonyl (C=O) groups is 2. The molecular weight excluding hydrogens is 482 g/mol. The molecule has 1 fully saturated rings. The molecule has 0 unspecified atom stereocenters. The van der Waals surface area contributed by atoms with Gasteiger partial charge in [0.15, 0.2) is 0 Å². The first-order valence-corrected chi connectivity index (χ1v) is 12.9. The van der Waals surface area contributed by atoms with Crippen molar-refractivity contribution >= 4 is 12.2 Å². The van der Waals surface area contributed by atoms with E-state index in [1.807, 2.05) is 78.9 Å². The van der Waals surface area contributed by atoms with Crippen LogP contribution in [0.3, 0.4) is 0 Å². The topological polar surface area (TPSA) is 85.3 Å². The minimum absolute atomic E-state index is 0.0730. The third kappa shape index (κ3) is 5.90. The van der Waals surface area contributed by atoms with E-state index < -0.39 is 11.7 Å². The molecule has 3 aromatic rings. The van der Waals surface area contributed by atoms with Gasteiger partial charge in [0.2, 0.25) is 5.91 Å². The number of nitrogens with zero attached hydrogens (tertiary/aromatic N) is 1. The zero-order chi connectivity index (χ0) is 27.0. The lowest BCUT2D eigenvalue weighted by atomic mass is 9.80. The Balaban J connectivity index is 1.75. The van der Waals surface area contributed by atoms with E-state index in [9.17, 15) is 14.7 Å². The van der Waals surface area contributed by atoms with E-state index in [1.54, 1.807) is 19.1 Å². The van der Waals surface area contributed by atoms with Crippen molar-refractivity contribution in [1.29, 1.82) is 0 Å². The quantitative estimate of drug-likeness (QED) is 0.219. The number of β-amino-alcohol motifs (C(OH)–C–C–N with tert-alkyl or cyclic N) is 1. The van der Waals surface area contributed by atoms with Gasteiger partial charge in [-0.05, 0) is 53.8 Å². The summed E-state index contributed by atoms with van der Waals surface area (Å²) in [6.07, 6.45) is 1.73. The van der Waals surface area contributed by atoms with E-state index >= 15 is 0 Å². The van der Waals surface area contributed by atoms with Crippen molar-refractivity contribution in [3.63, 3.8) is 0 Å². The largest absolute Gasteiger partial charge is 0.497 e. The van der Waals surface area contributed by atoms with Gasteiger partial charge in [0.1, 0.15) is 23.4 Å². The molecule has 0 radical (unpaired) electrons. The highest BCUT2D eigenvalue weighted by atomic mass is 16.5. The average Bonchev–Trinajstić information content (AvgIpc) is 3.35. The standard InChI is InChI=1S/C31H35NO6/c1-36-28-15-11-24(12-16-28)31(23-8-4-3-5-9-23,25-13-17-29(37-2)18-14-25)38-22-26-20-27(34)21-32(26)30(35)10-6-7-19-33/h3-5,8-9,11-19,26-27,34H,6-7,10,20-22H2,1-2H3/t26-,27+/m0/s1. The molecule has 1 N–H and O–H groups in total. The van der Waals surface area contributed by atoms with E-state index in [4.69, 9.17) is 14.2 Å². The summed E-state index contributed by atoms with van der Waals surface area (Å²) in [4.78, 5) is 25.4. The predicted octanol–water partition coefficient (Wildman–Crippen LogP) is 4.34. The molecule has 4 rings (SSSR count). The Hall–Kier alpha value is -3.68. The van der Waals surface area contributed by atoms with Crippen molar-refractivity contribution in [2.75, 3.05) is 27.4 Å². The Kier molecular flexibility index (Phi) is 9.15. The third-order valence-electron chi connectivity index (χ3n) is 7.09. The van der Waals surface area contributed by atoms with E-state index in [-0.39, 0.29) is 31.5 Å². The van der Waals surface area contributed by atoms with Gasteiger partial charge in [0.25, 0.3) is 0 Å². The summed E-state index contributed by atoms with van der Waals surface area (Å²) < 4.78 is 17.7. The number of likely N-dealkylation sites (tertiary alicyclic amines) is 1. The van der Waals surface area contributed by atoms with Gasteiger partial charge in [0.05, 0.1) is 33.0 Å². The van der Waals surface area contributed by atoms with Crippen molar-refractivity contribution in [3.05, 3.63) is 95.6 Å². The number of ether oxygens (including phenoxy) is 3. The van der Waals surface area contributed by atoms with E-state index in [0.29, 0.717) is 19.3 Å². The molecule has 0 aliphatic carbocycles. The van der Waals surface area contributed by atoms with Crippen LogP contribution in [0, 0.1) is 0 Å². The maximum atomic E-state index is 13.0. The fourth-order valence-electron chi connectivity index (χ4n) is 5.13. The van der Waals surface area contributed by atoms with Crippen LogP contribution in [0.4, 0.5) is 0 Å². The second-order valence-electron chi connectivity index (χ2n) is 9.46. The molecule has 0 aromatic heterocycles. The molecule has 0 bridgehead atoms. The van der Waals surface area contributed by atoms with Crippen LogP contribution in [-0.2, 0) is 19.9 Å². The number of aldehydes is 1. The SMILES string of the molecule is COc1ccc(C(OC[C@@H]2C[C@@H](O)CN2C(=O)CCCC=O)(c2ccccc2)c2ccc(OC)cc2)cc1. The van der Waals surface area contributed by atoms with Crippen LogP contribution in [-0.4, -0.2) is 61.7 Å². The zero-order valence-electron chi connectivity index (χ0n) is 21.9. The van der Waals surface area contributed by atoms with Crippen LogP contribution in [0.1, 0.15) is 42.4 Å². The van der Waals surface area contributed by atoms with Gasteiger partial charge >= 0.3 is 0 Å². The minimum atomic E-state index is -1.00. The number of aliphatic hydroxyl groups excluding tert-OH is 1. The molecule has 2 atom stereocenters. The fraction of sp³-hybridized carbons (Fsp3) is 0.355. The lowest BCUT2D eigenvalue weighted by molar-refractivity contribution is -0.134. The lowest BCUT2D eigenvalue weighted by Crippen LogP contribution is -2.42.